The largest absolute Gasteiger partial charge is 0.497 e. The smallest absolute Gasteiger partial charge is 0.270 e. The van der Waals surface area contributed by atoms with E-state index in [2.05, 4.69) is 5.32 Å². The topological polar surface area (TPSA) is 128 Å². The number of hydrogen-bond acceptors (Lipinski definition) is 7. The highest BCUT2D eigenvalue weighted by Crippen LogP contribution is 2.29. The second-order valence-corrected chi connectivity index (χ2v) is 6.11. The predicted molar refractivity (Wildman–Crippen MR) is 101 cm³/mol. The number of nitrogens with one attached hydrogen (secondary N) is 1. The van der Waals surface area contributed by atoms with Gasteiger partial charge in [0.1, 0.15) is 11.5 Å². The van der Waals surface area contributed by atoms with Gasteiger partial charge >= 0.3 is 0 Å². The fraction of sp³-hybridized carbons (Fsp3) is 0.211. The maximum Gasteiger partial charge on any atom is 0.270 e. The highest BCUT2D eigenvalue weighted by molar-refractivity contribution is 6.21. The van der Waals surface area contributed by atoms with Crippen LogP contribution in [0.25, 0.3) is 0 Å². The first-order valence-electron chi connectivity index (χ1n) is 8.52. The minimum Gasteiger partial charge on any atom is -0.497 e. The SMILES string of the molecule is COc1ccc(OC)c(NC(=O)CCN2C(=O)c3ccc([N+](=O)[O-])cc3C2=O)c1. The molecule has 0 unspecified atom stereocenters. The molecule has 0 fully saturated rings. The zero-order chi connectivity index (χ0) is 21.1. The van der Waals surface area contributed by atoms with Crippen molar-refractivity contribution >= 4 is 29.1 Å². The van der Waals surface area contributed by atoms with E-state index >= 15 is 0 Å². The minimum atomic E-state index is -0.666. The Hall–Kier alpha value is -3.95. The molecule has 0 atom stereocenters. The van der Waals surface area contributed by atoms with Crippen molar-refractivity contribution in [2.75, 3.05) is 26.1 Å². The second kappa shape index (κ2) is 7.97. The normalized spacial score (nSPS) is 12.6. The van der Waals surface area contributed by atoms with Crippen molar-refractivity contribution in [3.63, 3.8) is 0 Å². The van der Waals surface area contributed by atoms with Crippen LogP contribution in [0.1, 0.15) is 27.1 Å². The van der Waals surface area contributed by atoms with E-state index in [4.69, 9.17) is 9.47 Å². The number of imide groups is 1. The number of nitro groups is 1. The minimum absolute atomic E-state index is 0.0425. The van der Waals surface area contributed by atoms with Gasteiger partial charge in [-0.15, -0.1) is 0 Å². The molecule has 1 heterocycles. The Balaban J connectivity index is 1.69. The Morgan fingerprint density at radius 2 is 1.79 bits per heavy atom. The first kappa shape index (κ1) is 19.8. The molecule has 1 aliphatic heterocycles. The summed E-state index contributed by atoms with van der Waals surface area (Å²) in [6, 6.07) is 8.36. The standard InChI is InChI=1S/C19H17N3O7/c1-28-12-4-6-16(29-2)15(10-12)20-17(23)7-8-21-18(24)13-5-3-11(22(26)27)9-14(13)19(21)25/h3-6,9-10H,7-8H2,1-2H3,(H,20,23). The van der Waals surface area contributed by atoms with Crippen molar-refractivity contribution < 1.29 is 28.8 Å². The van der Waals surface area contributed by atoms with Crippen LogP contribution in [0.3, 0.4) is 0 Å². The monoisotopic (exact) mass is 399 g/mol. The molecule has 10 heteroatoms. The summed E-state index contributed by atoms with van der Waals surface area (Å²) in [5, 5.41) is 13.5. The van der Waals surface area contributed by atoms with Crippen LogP contribution in [0.4, 0.5) is 11.4 Å². The first-order chi connectivity index (χ1) is 13.8. The lowest BCUT2D eigenvalue weighted by molar-refractivity contribution is -0.384. The van der Waals surface area contributed by atoms with E-state index in [1.807, 2.05) is 0 Å². The van der Waals surface area contributed by atoms with Crippen molar-refractivity contribution in [1.82, 2.24) is 4.90 Å². The highest BCUT2D eigenvalue weighted by atomic mass is 16.6. The molecule has 29 heavy (non-hydrogen) atoms. The number of rotatable bonds is 7. The number of fused-ring (bicyclic) bond motifs is 1. The van der Waals surface area contributed by atoms with Gasteiger partial charge in [0.25, 0.3) is 17.5 Å². The van der Waals surface area contributed by atoms with Crippen LogP contribution >= 0.6 is 0 Å². The number of ether oxygens (including phenoxy) is 2. The highest BCUT2D eigenvalue weighted by Gasteiger charge is 2.36. The van der Waals surface area contributed by atoms with Gasteiger partial charge in [0.05, 0.1) is 36.0 Å². The van der Waals surface area contributed by atoms with Gasteiger partial charge in [-0.2, -0.15) is 0 Å². The lowest BCUT2D eigenvalue weighted by Gasteiger charge is -2.15. The molecule has 2 aromatic rings. The van der Waals surface area contributed by atoms with Crippen molar-refractivity contribution in [2.45, 2.75) is 6.42 Å². The molecule has 3 rings (SSSR count). The number of hydrogen-bond donors (Lipinski definition) is 1. The maximum atomic E-state index is 12.5. The van der Waals surface area contributed by atoms with Crippen LogP contribution in [0.15, 0.2) is 36.4 Å². The molecule has 0 aromatic heterocycles. The zero-order valence-corrected chi connectivity index (χ0v) is 15.6. The lowest BCUT2D eigenvalue weighted by Crippen LogP contribution is -2.32. The second-order valence-electron chi connectivity index (χ2n) is 6.11. The van der Waals surface area contributed by atoms with Gasteiger partial charge < -0.3 is 14.8 Å². The summed E-state index contributed by atoms with van der Waals surface area (Å²) in [4.78, 5) is 48.3. The molecule has 0 saturated heterocycles. The van der Waals surface area contributed by atoms with Gasteiger partial charge in [0.2, 0.25) is 5.91 Å². The predicted octanol–water partition coefficient (Wildman–Crippen LogP) is 2.24. The number of anilines is 1. The Labute approximate surface area is 165 Å². The van der Waals surface area contributed by atoms with Gasteiger partial charge in [-0.05, 0) is 18.2 Å². The van der Waals surface area contributed by atoms with Gasteiger partial charge in [0.15, 0.2) is 0 Å². The zero-order valence-electron chi connectivity index (χ0n) is 15.6. The summed E-state index contributed by atoms with van der Waals surface area (Å²) in [6.45, 7) is -0.168. The van der Waals surface area contributed by atoms with Crippen LogP contribution in [0.5, 0.6) is 11.5 Å². The average molecular weight is 399 g/mol. The van der Waals surface area contributed by atoms with Crippen LogP contribution < -0.4 is 14.8 Å². The fourth-order valence-electron chi connectivity index (χ4n) is 2.93. The number of carbonyl (C=O) groups is 3. The molecule has 0 spiro atoms. The molecule has 2 aromatic carbocycles. The van der Waals surface area contributed by atoms with Gasteiger partial charge in [0, 0.05) is 31.2 Å². The Bertz CT molecular complexity index is 1020. The summed E-state index contributed by atoms with van der Waals surface area (Å²) in [5.41, 5.74) is 0.138. The van der Waals surface area contributed by atoms with E-state index in [0.717, 1.165) is 17.0 Å². The number of nitro benzene ring substituents is 1. The van der Waals surface area contributed by atoms with Gasteiger partial charge in [-0.3, -0.25) is 29.4 Å². The average Bonchev–Trinajstić information content (AvgIpc) is 2.95. The molecule has 0 aliphatic carbocycles. The number of carbonyl (C=O) groups excluding carboxylic acids is 3. The van der Waals surface area contributed by atoms with E-state index in [-0.39, 0.29) is 29.8 Å². The Morgan fingerprint density at radius 1 is 1.07 bits per heavy atom. The molecule has 1 aliphatic rings. The van der Waals surface area contributed by atoms with Crippen molar-refractivity contribution in [3.05, 3.63) is 57.6 Å². The third-order valence-corrected chi connectivity index (χ3v) is 4.41. The first-order valence-corrected chi connectivity index (χ1v) is 8.52. The van der Waals surface area contributed by atoms with Crippen LogP contribution in [0, 0.1) is 10.1 Å². The third-order valence-electron chi connectivity index (χ3n) is 4.41. The fourth-order valence-corrected chi connectivity index (χ4v) is 2.93. The van der Waals surface area contributed by atoms with E-state index < -0.39 is 22.6 Å². The van der Waals surface area contributed by atoms with Gasteiger partial charge in [-0.1, -0.05) is 0 Å². The number of nitrogens with zero attached hydrogens (tertiary/aromatic N) is 2. The summed E-state index contributed by atoms with van der Waals surface area (Å²) < 4.78 is 10.3. The molecule has 0 bridgehead atoms. The molecule has 1 N–H and O–H groups in total. The van der Waals surface area contributed by atoms with Gasteiger partial charge in [-0.25, -0.2) is 0 Å². The summed E-state index contributed by atoms with van der Waals surface area (Å²) in [5.74, 6) is -0.763. The van der Waals surface area contributed by atoms with Crippen LogP contribution in [-0.2, 0) is 4.79 Å². The van der Waals surface area contributed by atoms with E-state index in [1.54, 1.807) is 18.2 Å². The van der Waals surface area contributed by atoms with Crippen LogP contribution in [0.2, 0.25) is 0 Å². The molecule has 150 valence electrons. The molecule has 0 radical (unpaired) electrons. The summed E-state index contributed by atoms with van der Waals surface area (Å²) >= 11 is 0. The molecule has 10 nitrogen and oxygen atoms in total. The Kier molecular flexibility index (Phi) is 5.44. The third kappa shape index (κ3) is 3.86. The number of benzene rings is 2. The van der Waals surface area contributed by atoms with Crippen LogP contribution in [-0.4, -0.2) is 48.3 Å². The summed E-state index contributed by atoms with van der Waals surface area (Å²) in [7, 11) is 2.94. The molecular formula is C19H17N3O7. The molecule has 3 amide bonds. The van der Waals surface area contributed by atoms with Crippen molar-refractivity contribution in [3.8, 4) is 11.5 Å². The van der Waals surface area contributed by atoms with E-state index in [0.29, 0.717) is 17.2 Å². The van der Waals surface area contributed by atoms with E-state index in [1.165, 1.54) is 20.3 Å². The lowest BCUT2D eigenvalue weighted by atomic mass is 10.1. The quantitative estimate of drug-likeness (QED) is 0.429. The van der Waals surface area contributed by atoms with Crippen molar-refractivity contribution in [2.24, 2.45) is 0 Å². The summed E-state index contributed by atoms with van der Waals surface area (Å²) in [6.07, 6.45) is -0.159. The van der Waals surface area contributed by atoms with Crippen molar-refractivity contribution in [1.29, 1.82) is 0 Å². The number of non-ortho nitro benzene ring substituents is 1. The molecule has 0 saturated carbocycles. The number of amides is 3. The maximum absolute atomic E-state index is 12.5. The Morgan fingerprint density at radius 3 is 2.45 bits per heavy atom. The molecular weight excluding hydrogens is 382 g/mol. The van der Waals surface area contributed by atoms with E-state index in [9.17, 15) is 24.5 Å². The number of methoxy groups -OCH3 is 2.